The Kier molecular flexibility index (Phi) is 3.88. The molecule has 0 aliphatic carbocycles. The predicted molar refractivity (Wildman–Crippen MR) is 68.9 cm³/mol. The first kappa shape index (κ1) is 14.9. The van der Waals surface area contributed by atoms with Gasteiger partial charge in [-0.15, -0.1) is 0 Å². The third-order valence-corrected chi connectivity index (χ3v) is 2.62. The van der Waals surface area contributed by atoms with Gasteiger partial charge in [0.1, 0.15) is 0 Å². The number of rotatable bonds is 3. The van der Waals surface area contributed by atoms with E-state index in [0.29, 0.717) is 11.8 Å². The van der Waals surface area contributed by atoms with Gasteiger partial charge in [-0.25, -0.2) is 9.48 Å². The predicted octanol–water partition coefficient (Wildman–Crippen LogP) is 2.65. The Bertz CT molecular complexity index is 648. The lowest BCUT2D eigenvalue weighted by Gasteiger charge is -2.07. The van der Waals surface area contributed by atoms with E-state index in [4.69, 9.17) is 10.5 Å². The highest BCUT2D eigenvalue weighted by Gasteiger charge is 2.36. The van der Waals surface area contributed by atoms with Crippen molar-refractivity contribution >= 4 is 11.7 Å². The number of nitrogen functional groups attached to an aromatic ring is 1. The van der Waals surface area contributed by atoms with Gasteiger partial charge in [0.25, 0.3) is 0 Å². The summed E-state index contributed by atoms with van der Waals surface area (Å²) in [4.78, 5) is 11.8. The molecule has 0 bridgehead atoms. The van der Waals surface area contributed by atoms with Gasteiger partial charge in [-0.2, -0.15) is 18.3 Å². The number of nitrogens with zero attached hydrogens (tertiary/aromatic N) is 2. The van der Waals surface area contributed by atoms with Crippen LogP contribution in [0, 0.1) is 0 Å². The van der Waals surface area contributed by atoms with E-state index < -0.39 is 17.8 Å². The van der Waals surface area contributed by atoms with E-state index >= 15 is 0 Å². The van der Waals surface area contributed by atoms with Crippen LogP contribution in [0.25, 0.3) is 5.69 Å². The molecule has 0 amide bonds. The molecule has 2 N–H and O–H groups in total. The topological polar surface area (TPSA) is 70.1 Å². The number of ether oxygens (including phenoxy) is 1. The van der Waals surface area contributed by atoms with Crippen molar-refractivity contribution in [3.63, 3.8) is 0 Å². The summed E-state index contributed by atoms with van der Waals surface area (Å²) in [6.45, 7) is 1.61. The van der Waals surface area contributed by atoms with Crippen LogP contribution in [0.5, 0.6) is 0 Å². The van der Waals surface area contributed by atoms with Gasteiger partial charge in [-0.05, 0) is 31.2 Å². The number of hydrogen-bond acceptors (Lipinski definition) is 4. The summed E-state index contributed by atoms with van der Waals surface area (Å²) in [5.74, 6) is -0.877. The SMILES string of the molecule is CCOC(=O)c1cc(C(F)(F)F)nn1-c1ccc(N)cc1. The van der Waals surface area contributed by atoms with Crippen molar-refractivity contribution in [1.29, 1.82) is 0 Å². The van der Waals surface area contributed by atoms with Crippen molar-refractivity contribution in [2.75, 3.05) is 12.3 Å². The number of hydrogen-bond donors (Lipinski definition) is 1. The molecule has 21 heavy (non-hydrogen) atoms. The van der Waals surface area contributed by atoms with E-state index in [0.717, 1.165) is 4.68 Å². The quantitative estimate of drug-likeness (QED) is 0.698. The molecule has 1 aromatic heterocycles. The van der Waals surface area contributed by atoms with Crippen LogP contribution in [0.4, 0.5) is 18.9 Å². The molecule has 112 valence electrons. The molecule has 0 saturated carbocycles. The van der Waals surface area contributed by atoms with E-state index in [1.54, 1.807) is 6.92 Å². The molecule has 0 fully saturated rings. The molecule has 0 aliphatic rings. The van der Waals surface area contributed by atoms with Crippen LogP contribution in [-0.4, -0.2) is 22.4 Å². The molecular formula is C13H12F3N3O2. The number of halogens is 3. The highest BCUT2D eigenvalue weighted by molar-refractivity contribution is 5.88. The Hall–Kier alpha value is -2.51. The molecular weight excluding hydrogens is 287 g/mol. The molecule has 1 heterocycles. The second kappa shape index (κ2) is 5.47. The first-order valence-electron chi connectivity index (χ1n) is 6.03. The van der Waals surface area contributed by atoms with Gasteiger partial charge < -0.3 is 10.5 Å². The molecule has 2 rings (SSSR count). The highest BCUT2D eigenvalue weighted by atomic mass is 19.4. The van der Waals surface area contributed by atoms with E-state index in [9.17, 15) is 18.0 Å². The summed E-state index contributed by atoms with van der Waals surface area (Å²) in [5, 5.41) is 3.43. The number of alkyl halides is 3. The van der Waals surface area contributed by atoms with Crippen molar-refractivity contribution in [3.8, 4) is 5.69 Å². The Morgan fingerprint density at radius 2 is 1.95 bits per heavy atom. The summed E-state index contributed by atoms with van der Waals surface area (Å²) in [5.41, 5.74) is 4.79. The second-order valence-electron chi connectivity index (χ2n) is 4.14. The van der Waals surface area contributed by atoms with Gasteiger partial charge in [-0.1, -0.05) is 0 Å². The lowest BCUT2D eigenvalue weighted by molar-refractivity contribution is -0.141. The molecule has 0 aliphatic heterocycles. The van der Waals surface area contributed by atoms with Gasteiger partial charge in [0.05, 0.1) is 12.3 Å². The fraction of sp³-hybridized carbons (Fsp3) is 0.231. The molecule has 0 atom stereocenters. The third kappa shape index (κ3) is 3.15. The maximum atomic E-state index is 12.8. The van der Waals surface area contributed by atoms with Crippen molar-refractivity contribution in [1.82, 2.24) is 9.78 Å². The summed E-state index contributed by atoms with van der Waals surface area (Å²) in [6.07, 6.45) is -4.65. The second-order valence-corrected chi connectivity index (χ2v) is 4.14. The zero-order chi connectivity index (χ0) is 15.6. The minimum absolute atomic E-state index is 0.0487. The molecule has 8 heteroatoms. The minimum Gasteiger partial charge on any atom is -0.461 e. The smallest absolute Gasteiger partial charge is 0.435 e. The molecule has 2 aromatic rings. The normalized spacial score (nSPS) is 11.4. The first-order chi connectivity index (χ1) is 9.82. The van der Waals surface area contributed by atoms with Crippen LogP contribution < -0.4 is 5.73 Å². The van der Waals surface area contributed by atoms with E-state index in [2.05, 4.69) is 5.10 Å². The standard InChI is InChI=1S/C13H12F3N3O2/c1-2-21-12(20)10-7-11(13(14,15)16)18-19(10)9-5-3-8(17)4-6-9/h3-7H,2,17H2,1H3. The fourth-order valence-corrected chi connectivity index (χ4v) is 1.68. The molecule has 0 radical (unpaired) electrons. The van der Waals surface area contributed by atoms with Crippen molar-refractivity contribution in [2.24, 2.45) is 0 Å². The highest BCUT2D eigenvalue weighted by Crippen LogP contribution is 2.29. The number of aromatic nitrogens is 2. The monoisotopic (exact) mass is 299 g/mol. The van der Waals surface area contributed by atoms with Crippen molar-refractivity contribution in [2.45, 2.75) is 13.1 Å². The lowest BCUT2D eigenvalue weighted by atomic mass is 10.3. The van der Waals surface area contributed by atoms with Gasteiger partial charge >= 0.3 is 12.1 Å². The van der Waals surface area contributed by atoms with Crippen LogP contribution in [-0.2, 0) is 10.9 Å². The van der Waals surface area contributed by atoms with Crippen LogP contribution in [0.3, 0.4) is 0 Å². The van der Waals surface area contributed by atoms with E-state index in [-0.39, 0.29) is 18.0 Å². The number of nitrogens with two attached hydrogens (primary N) is 1. The van der Waals surface area contributed by atoms with Crippen molar-refractivity contribution < 1.29 is 22.7 Å². The minimum atomic E-state index is -4.65. The number of carbonyl (C=O) groups is 1. The maximum absolute atomic E-state index is 12.8. The summed E-state index contributed by atoms with van der Waals surface area (Å²) in [6, 6.07) is 6.59. The van der Waals surface area contributed by atoms with E-state index in [1.165, 1.54) is 24.3 Å². The Morgan fingerprint density at radius 3 is 2.48 bits per heavy atom. The lowest BCUT2D eigenvalue weighted by Crippen LogP contribution is -2.12. The van der Waals surface area contributed by atoms with Crippen LogP contribution in [0.2, 0.25) is 0 Å². The Labute approximate surface area is 118 Å². The Balaban J connectivity index is 2.54. The summed E-state index contributed by atoms with van der Waals surface area (Å²) < 4.78 is 43.9. The van der Waals surface area contributed by atoms with Crippen LogP contribution in [0.15, 0.2) is 30.3 Å². The van der Waals surface area contributed by atoms with Gasteiger partial charge in [-0.3, -0.25) is 0 Å². The molecule has 0 spiro atoms. The molecule has 5 nitrogen and oxygen atoms in total. The summed E-state index contributed by atoms with van der Waals surface area (Å²) >= 11 is 0. The molecule has 0 unspecified atom stereocenters. The van der Waals surface area contributed by atoms with E-state index in [1.807, 2.05) is 0 Å². The number of anilines is 1. The fourth-order valence-electron chi connectivity index (χ4n) is 1.68. The maximum Gasteiger partial charge on any atom is 0.435 e. The number of carbonyl (C=O) groups excluding carboxylic acids is 1. The van der Waals surface area contributed by atoms with Crippen LogP contribution in [0.1, 0.15) is 23.1 Å². The van der Waals surface area contributed by atoms with Crippen molar-refractivity contribution in [3.05, 3.63) is 41.7 Å². The Morgan fingerprint density at radius 1 is 1.33 bits per heavy atom. The first-order valence-corrected chi connectivity index (χ1v) is 6.03. The molecule has 0 saturated heterocycles. The van der Waals surface area contributed by atoms with Gasteiger partial charge in [0, 0.05) is 11.8 Å². The zero-order valence-electron chi connectivity index (χ0n) is 11.0. The van der Waals surface area contributed by atoms with Gasteiger partial charge in [0.2, 0.25) is 0 Å². The molecule has 1 aromatic carbocycles. The van der Waals surface area contributed by atoms with Gasteiger partial charge in [0.15, 0.2) is 11.4 Å². The van der Waals surface area contributed by atoms with Crippen LogP contribution >= 0.6 is 0 Å². The third-order valence-electron chi connectivity index (χ3n) is 2.62. The number of benzene rings is 1. The average molecular weight is 299 g/mol. The summed E-state index contributed by atoms with van der Waals surface area (Å²) in [7, 11) is 0. The average Bonchev–Trinajstić information content (AvgIpc) is 2.85. The zero-order valence-corrected chi connectivity index (χ0v) is 11.0. The number of esters is 1. The largest absolute Gasteiger partial charge is 0.461 e.